The first-order valence-electron chi connectivity index (χ1n) is 6.09. The van der Waals surface area contributed by atoms with E-state index < -0.39 is 0 Å². The van der Waals surface area contributed by atoms with E-state index in [4.69, 9.17) is 5.11 Å². The van der Waals surface area contributed by atoms with Crippen molar-refractivity contribution in [2.45, 2.75) is 19.4 Å². The monoisotopic (exact) mass is 243 g/mol. The maximum atomic E-state index is 8.93. The Balaban J connectivity index is 1.75. The van der Waals surface area contributed by atoms with Crippen LogP contribution >= 0.6 is 0 Å². The summed E-state index contributed by atoms with van der Waals surface area (Å²) in [6.07, 6.45) is 3.74. The van der Waals surface area contributed by atoms with Crippen molar-refractivity contribution in [3.05, 3.63) is 54.0 Å². The third kappa shape index (κ3) is 3.82. The largest absolute Gasteiger partial charge is 0.388 e. The van der Waals surface area contributed by atoms with Crippen molar-refractivity contribution in [2.24, 2.45) is 0 Å². The Morgan fingerprint density at radius 1 is 1.11 bits per heavy atom. The van der Waals surface area contributed by atoms with Crippen LogP contribution in [0.3, 0.4) is 0 Å². The highest BCUT2D eigenvalue weighted by Crippen LogP contribution is 2.05. The lowest BCUT2D eigenvalue weighted by Gasteiger charge is -2.06. The molecule has 0 spiro atoms. The minimum Gasteiger partial charge on any atom is -0.388 e. The molecule has 1 aromatic heterocycles. The first-order valence-corrected chi connectivity index (χ1v) is 6.09. The summed E-state index contributed by atoms with van der Waals surface area (Å²) in [6.45, 7) is 0.732. The summed E-state index contributed by atoms with van der Waals surface area (Å²) >= 11 is 0. The highest BCUT2D eigenvalue weighted by atomic mass is 16.3. The van der Waals surface area contributed by atoms with Crippen LogP contribution in [0.4, 0.5) is 5.82 Å². The second-order valence-corrected chi connectivity index (χ2v) is 4.03. The first kappa shape index (κ1) is 12.5. The number of aliphatic hydroxyl groups excluding tert-OH is 1. The summed E-state index contributed by atoms with van der Waals surface area (Å²) in [5.41, 5.74) is 1.35. The van der Waals surface area contributed by atoms with Crippen LogP contribution in [0.1, 0.15) is 17.8 Å². The minimum absolute atomic E-state index is 0.125. The summed E-state index contributed by atoms with van der Waals surface area (Å²) in [4.78, 5) is 8.10. The van der Waals surface area contributed by atoms with Gasteiger partial charge in [-0.1, -0.05) is 30.3 Å². The maximum Gasteiger partial charge on any atom is 0.156 e. The molecule has 4 nitrogen and oxygen atoms in total. The van der Waals surface area contributed by atoms with Gasteiger partial charge in [-0.15, -0.1) is 0 Å². The molecule has 0 radical (unpaired) electrons. The normalized spacial score (nSPS) is 10.3. The third-order valence-electron chi connectivity index (χ3n) is 2.64. The average Bonchev–Trinajstić information content (AvgIpc) is 2.45. The summed E-state index contributed by atoms with van der Waals surface area (Å²) < 4.78 is 0. The Morgan fingerprint density at radius 3 is 2.72 bits per heavy atom. The smallest absolute Gasteiger partial charge is 0.156 e. The molecule has 0 fully saturated rings. The lowest BCUT2D eigenvalue weighted by molar-refractivity contribution is 0.271. The van der Waals surface area contributed by atoms with Crippen LogP contribution < -0.4 is 5.32 Å². The van der Waals surface area contributed by atoms with Crippen molar-refractivity contribution in [3.63, 3.8) is 0 Å². The van der Waals surface area contributed by atoms with Gasteiger partial charge >= 0.3 is 0 Å². The molecule has 2 N–H and O–H groups in total. The van der Waals surface area contributed by atoms with Crippen LogP contribution in [-0.4, -0.2) is 21.6 Å². The van der Waals surface area contributed by atoms with Crippen molar-refractivity contribution in [2.75, 3.05) is 11.9 Å². The second-order valence-electron chi connectivity index (χ2n) is 4.03. The molecular formula is C14H17N3O. The van der Waals surface area contributed by atoms with Crippen LogP contribution in [-0.2, 0) is 13.0 Å². The van der Waals surface area contributed by atoms with Gasteiger partial charge in [0.1, 0.15) is 12.4 Å². The summed E-state index contributed by atoms with van der Waals surface area (Å²) in [5.74, 6) is 1.21. The number of aliphatic hydroxyl groups is 1. The predicted octanol–water partition coefficient (Wildman–Crippen LogP) is 2.01. The zero-order valence-corrected chi connectivity index (χ0v) is 10.2. The number of nitrogens with zero attached hydrogens (tertiary/aromatic N) is 2. The van der Waals surface area contributed by atoms with Gasteiger partial charge < -0.3 is 10.4 Å². The van der Waals surface area contributed by atoms with Crippen molar-refractivity contribution in [1.82, 2.24) is 9.97 Å². The summed E-state index contributed by atoms with van der Waals surface area (Å²) in [6, 6.07) is 12.2. The molecule has 94 valence electrons. The average molecular weight is 243 g/mol. The Morgan fingerprint density at radius 2 is 1.94 bits per heavy atom. The zero-order valence-electron chi connectivity index (χ0n) is 10.2. The number of benzene rings is 1. The molecule has 0 saturated heterocycles. The van der Waals surface area contributed by atoms with E-state index in [0.717, 1.165) is 25.2 Å². The lowest BCUT2D eigenvalue weighted by atomic mass is 10.1. The number of anilines is 1. The molecule has 0 aliphatic rings. The molecule has 18 heavy (non-hydrogen) atoms. The van der Waals surface area contributed by atoms with E-state index in [2.05, 4.69) is 39.6 Å². The molecule has 1 aromatic carbocycles. The molecule has 4 heteroatoms. The SMILES string of the molecule is OCc1nccc(NCCCc2ccccc2)n1. The zero-order chi connectivity index (χ0) is 12.6. The molecule has 0 unspecified atom stereocenters. The van der Waals surface area contributed by atoms with Crippen molar-refractivity contribution in [1.29, 1.82) is 0 Å². The Hall–Kier alpha value is -1.94. The molecule has 0 saturated carbocycles. The Bertz CT molecular complexity index is 473. The summed E-state index contributed by atoms with van der Waals surface area (Å²) in [7, 11) is 0. The van der Waals surface area contributed by atoms with Gasteiger partial charge in [0.25, 0.3) is 0 Å². The molecule has 1 heterocycles. The lowest BCUT2D eigenvalue weighted by Crippen LogP contribution is -2.06. The number of hydrogen-bond donors (Lipinski definition) is 2. The van der Waals surface area contributed by atoms with Gasteiger partial charge in [-0.05, 0) is 24.5 Å². The number of rotatable bonds is 6. The standard InChI is InChI=1S/C14H17N3O/c18-11-14-16-10-8-13(17-14)15-9-4-7-12-5-2-1-3-6-12/h1-3,5-6,8,10,18H,4,7,9,11H2,(H,15,16,17). The van der Waals surface area contributed by atoms with E-state index in [9.17, 15) is 0 Å². The van der Waals surface area contributed by atoms with Crippen LogP contribution in [0.25, 0.3) is 0 Å². The van der Waals surface area contributed by atoms with E-state index in [1.807, 2.05) is 12.1 Å². The Kier molecular flexibility index (Phi) is 4.67. The van der Waals surface area contributed by atoms with E-state index in [1.165, 1.54) is 5.56 Å². The van der Waals surface area contributed by atoms with Gasteiger partial charge in [-0.3, -0.25) is 0 Å². The fourth-order valence-corrected chi connectivity index (χ4v) is 1.73. The third-order valence-corrected chi connectivity index (χ3v) is 2.64. The van der Waals surface area contributed by atoms with E-state index >= 15 is 0 Å². The van der Waals surface area contributed by atoms with Crippen LogP contribution in [0.15, 0.2) is 42.6 Å². The quantitative estimate of drug-likeness (QED) is 0.762. The molecular weight excluding hydrogens is 226 g/mol. The molecule has 0 aliphatic carbocycles. The summed E-state index contributed by atoms with van der Waals surface area (Å²) in [5, 5.41) is 12.2. The van der Waals surface area contributed by atoms with Crippen LogP contribution in [0.2, 0.25) is 0 Å². The fraction of sp³-hybridized carbons (Fsp3) is 0.286. The van der Waals surface area contributed by atoms with Crippen LogP contribution in [0, 0.1) is 0 Å². The number of aryl methyl sites for hydroxylation is 1. The van der Waals surface area contributed by atoms with Crippen molar-refractivity contribution < 1.29 is 5.11 Å². The van der Waals surface area contributed by atoms with E-state index in [0.29, 0.717) is 5.82 Å². The molecule has 0 bridgehead atoms. The molecule has 0 aliphatic heterocycles. The van der Waals surface area contributed by atoms with Crippen molar-refractivity contribution in [3.8, 4) is 0 Å². The fourth-order valence-electron chi connectivity index (χ4n) is 1.73. The number of hydrogen-bond acceptors (Lipinski definition) is 4. The second kappa shape index (κ2) is 6.71. The Labute approximate surface area is 107 Å². The van der Waals surface area contributed by atoms with Gasteiger partial charge in [0.15, 0.2) is 5.82 Å². The number of nitrogens with one attached hydrogen (secondary N) is 1. The molecule has 0 atom stereocenters. The van der Waals surface area contributed by atoms with Crippen molar-refractivity contribution >= 4 is 5.82 Å². The molecule has 2 aromatic rings. The van der Waals surface area contributed by atoms with Crippen LogP contribution in [0.5, 0.6) is 0 Å². The minimum atomic E-state index is -0.125. The maximum absolute atomic E-state index is 8.93. The topological polar surface area (TPSA) is 58.0 Å². The van der Waals surface area contributed by atoms with Gasteiger partial charge in [0, 0.05) is 12.7 Å². The highest BCUT2D eigenvalue weighted by molar-refractivity contribution is 5.32. The first-order chi connectivity index (χ1) is 8.88. The molecule has 2 rings (SSSR count). The van der Waals surface area contributed by atoms with Gasteiger partial charge in [0.05, 0.1) is 0 Å². The van der Waals surface area contributed by atoms with Gasteiger partial charge in [-0.2, -0.15) is 0 Å². The van der Waals surface area contributed by atoms with Gasteiger partial charge in [0.2, 0.25) is 0 Å². The van der Waals surface area contributed by atoms with E-state index in [-0.39, 0.29) is 6.61 Å². The van der Waals surface area contributed by atoms with E-state index in [1.54, 1.807) is 6.20 Å². The number of aromatic nitrogens is 2. The van der Waals surface area contributed by atoms with Gasteiger partial charge in [-0.25, -0.2) is 9.97 Å². The molecule has 0 amide bonds. The predicted molar refractivity (Wildman–Crippen MR) is 71.2 cm³/mol. The highest BCUT2D eigenvalue weighted by Gasteiger charge is 1.97.